The highest BCUT2D eigenvalue weighted by Gasteiger charge is 2.23. The first-order chi connectivity index (χ1) is 8.70. The first kappa shape index (κ1) is 12.6. The van der Waals surface area contributed by atoms with Crippen molar-refractivity contribution in [2.24, 2.45) is 0 Å². The monoisotopic (exact) mass is 244 g/mol. The molecule has 0 radical (unpaired) electrons. The van der Waals surface area contributed by atoms with Crippen LogP contribution in [0.3, 0.4) is 0 Å². The van der Waals surface area contributed by atoms with Crippen LogP contribution in [0, 0.1) is 11.3 Å². The van der Waals surface area contributed by atoms with Crippen LogP contribution in [0.4, 0.5) is 0 Å². The molecule has 1 aromatic rings. The van der Waals surface area contributed by atoms with Gasteiger partial charge in [-0.15, -0.1) is 0 Å². The maximum Gasteiger partial charge on any atom is 0.227 e. The van der Waals surface area contributed by atoms with Crippen LogP contribution in [-0.4, -0.2) is 37.1 Å². The highest BCUT2D eigenvalue weighted by Crippen LogP contribution is 2.13. The number of hydrogen-bond donors (Lipinski definition) is 0. The van der Waals surface area contributed by atoms with Crippen LogP contribution in [0.25, 0.3) is 0 Å². The van der Waals surface area contributed by atoms with Gasteiger partial charge >= 0.3 is 0 Å². The Morgan fingerprint density at radius 1 is 1.50 bits per heavy atom. The predicted octanol–water partition coefficient (Wildman–Crippen LogP) is 1.35. The van der Waals surface area contributed by atoms with E-state index < -0.39 is 0 Å². The number of amides is 1. The van der Waals surface area contributed by atoms with Gasteiger partial charge in [-0.2, -0.15) is 5.26 Å². The van der Waals surface area contributed by atoms with E-state index in [1.54, 1.807) is 17.0 Å². The maximum absolute atomic E-state index is 12.1. The van der Waals surface area contributed by atoms with Gasteiger partial charge in [-0.3, -0.25) is 4.79 Å². The molecule has 18 heavy (non-hydrogen) atoms. The molecule has 0 N–H and O–H groups in total. The molecular weight excluding hydrogens is 228 g/mol. The average molecular weight is 244 g/mol. The first-order valence-electron chi connectivity index (χ1n) is 6.03. The molecule has 1 atom stereocenters. The summed E-state index contributed by atoms with van der Waals surface area (Å²) in [6.07, 6.45) is 1.29. The summed E-state index contributed by atoms with van der Waals surface area (Å²) in [5.41, 5.74) is 1.55. The summed E-state index contributed by atoms with van der Waals surface area (Å²) in [6, 6.07) is 9.40. The van der Waals surface area contributed by atoms with E-state index >= 15 is 0 Å². The van der Waals surface area contributed by atoms with Crippen LogP contribution in [0.1, 0.15) is 17.5 Å². The van der Waals surface area contributed by atoms with Crippen LogP contribution in [0.2, 0.25) is 0 Å². The normalized spacial score (nSPS) is 18.3. The summed E-state index contributed by atoms with van der Waals surface area (Å²) < 4.78 is 5.28. The number of nitriles is 1. The van der Waals surface area contributed by atoms with Gasteiger partial charge in [0.15, 0.2) is 0 Å². The van der Waals surface area contributed by atoms with Crippen molar-refractivity contribution in [3.63, 3.8) is 0 Å². The topological polar surface area (TPSA) is 53.3 Å². The molecule has 0 aliphatic carbocycles. The van der Waals surface area contributed by atoms with Gasteiger partial charge < -0.3 is 9.64 Å². The average Bonchev–Trinajstić information content (AvgIpc) is 2.92. The summed E-state index contributed by atoms with van der Waals surface area (Å²) in [4.78, 5) is 13.8. The molecule has 0 spiro atoms. The zero-order valence-electron chi connectivity index (χ0n) is 10.4. The number of carbonyl (C=O) groups excluding carboxylic acids is 1. The van der Waals surface area contributed by atoms with Crippen molar-refractivity contribution >= 4 is 5.91 Å². The zero-order chi connectivity index (χ0) is 13.0. The van der Waals surface area contributed by atoms with Gasteiger partial charge in [-0.1, -0.05) is 12.1 Å². The Morgan fingerprint density at radius 2 is 2.22 bits per heavy atom. The molecule has 0 aromatic heterocycles. The molecule has 1 amide bonds. The largest absolute Gasteiger partial charge is 0.379 e. The summed E-state index contributed by atoms with van der Waals surface area (Å²) in [5, 5.41) is 8.70. The molecule has 1 saturated heterocycles. The molecule has 1 unspecified atom stereocenters. The third kappa shape index (κ3) is 2.88. The number of ether oxygens (including phenoxy) is 1. The van der Waals surface area contributed by atoms with Gasteiger partial charge in [0.1, 0.15) is 0 Å². The summed E-state index contributed by atoms with van der Waals surface area (Å²) in [5.74, 6) is 0.0928. The molecule has 1 fully saturated rings. The summed E-state index contributed by atoms with van der Waals surface area (Å²) >= 11 is 0. The molecule has 94 valence electrons. The van der Waals surface area contributed by atoms with Gasteiger partial charge in [-0.05, 0) is 24.1 Å². The van der Waals surface area contributed by atoms with Crippen LogP contribution in [0.15, 0.2) is 24.3 Å². The van der Waals surface area contributed by atoms with Crippen molar-refractivity contribution in [1.29, 1.82) is 5.26 Å². The van der Waals surface area contributed by atoms with Gasteiger partial charge in [0, 0.05) is 13.7 Å². The molecule has 4 heteroatoms. The quantitative estimate of drug-likeness (QED) is 0.806. The Labute approximate surface area is 107 Å². The second kappa shape index (κ2) is 5.65. The van der Waals surface area contributed by atoms with Crippen LogP contribution in [-0.2, 0) is 16.0 Å². The fourth-order valence-electron chi connectivity index (χ4n) is 2.03. The lowest BCUT2D eigenvalue weighted by Crippen LogP contribution is -2.38. The van der Waals surface area contributed by atoms with Crippen molar-refractivity contribution < 1.29 is 9.53 Å². The lowest BCUT2D eigenvalue weighted by molar-refractivity contribution is -0.131. The molecular formula is C14H16N2O2. The van der Waals surface area contributed by atoms with E-state index in [0.717, 1.165) is 18.6 Å². The first-order valence-corrected chi connectivity index (χ1v) is 6.03. The Morgan fingerprint density at radius 3 is 2.78 bits per heavy atom. The van der Waals surface area contributed by atoms with Gasteiger partial charge in [0.2, 0.25) is 5.91 Å². The van der Waals surface area contributed by atoms with Crippen molar-refractivity contribution in [1.82, 2.24) is 4.90 Å². The van der Waals surface area contributed by atoms with E-state index in [1.165, 1.54) is 0 Å². The van der Waals surface area contributed by atoms with E-state index in [1.807, 2.05) is 19.2 Å². The van der Waals surface area contributed by atoms with E-state index in [4.69, 9.17) is 10.00 Å². The van der Waals surface area contributed by atoms with Crippen LogP contribution < -0.4 is 0 Å². The Bertz CT molecular complexity index is 456. The third-order valence-electron chi connectivity index (χ3n) is 3.29. The Balaban J connectivity index is 1.95. The number of carbonyl (C=O) groups is 1. The third-order valence-corrected chi connectivity index (χ3v) is 3.29. The number of nitrogens with zero attached hydrogens (tertiary/aromatic N) is 2. The van der Waals surface area contributed by atoms with Crippen LogP contribution >= 0.6 is 0 Å². The molecule has 1 aromatic carbocycles. The minimum atomic E-state index is 0.0928. The number of hydrogen-bond acceptors (Lipinski definition) is 3. The fourth-order valence-corrected chi connectivity index (χ4v) is 2.03. The minimum Gasteiger partial charge on any atom is -0.379 e. The highest BCUT2D eigenvalue weighted by atomic mass is 16.5. The fraction of sp³-hybridized carbons (Fsp3) is 0.429. The highest BCUT2D eigenvalue weighted by molar-refractivity contribution is 5.78. The molecule has 0 saturated carbocycles. The second-order valence-corrected chi connectivity index (χ2v) is 4.51. The SMILES string of the molecule is CN(C(=O)Cc1ccc(C#N)cc1)C1CCOC1. The Hall–Kier alpha value is -1.86. The van der Waals surface area contributed by atoms with Gasteiger partial charge in [0.25, 0.3) is 0 Å². The van der Waals surface area contributed by atoms with E-state index in [0.29, 0.717) is 18.6 Å². The summed E-state index contributed by atoms with van der Waals surface area (Å²) in [6.45, 7) is 1.37. The number of rotatable bonds is 3. The lowest BCUT2D eigenvalue weighted by Gasteiger charge is -2.23. The molecule has 2 rings (SSSR count). The number of likely N-dealkylation sites (N-methyl/N-ethyl adjacent to an activating group) is 1. The number of benzene rings is 1. The van der Waals surface area contributed by atoms with Crippen LogP contribution in [0.5, 0.6) is 0 Å². The van der Waals surface area contributed by atoms with Crippen molar-refractivity contribution in [2.75, 3.05) is 20.3 Å². The minimum absolute atomic E-state index is 0.0928. The van der Waals surface area contributed by atoms with E-state index in [2.05, 4.69) is 6.07 Å². The van der Waals surface area contributed by atoms with Crippen molar-refractivity contribution in [3.05, 3.63) is 35.4 Å². The zero-order valence-corrected chi connectivity index (χ0v) is 10.4. The molecule has 4 nitrogen and oxygen atoms in total. The predicted molar refractivity (Wildman–Crippen MR) is 66.9 cm³/mol. The molecule has 1 aliphatic rings. The van der Waals surface area contributed by atoms with E-state index in [-0.39, 0.29) is 11.9 Å². The van der Waals surface area contributed by atoms with Crippen molar-refractivity contribution in [2.45, 2.75) is 18.9 Å². The maximum atomic E-state index is 12.1. The smallest absolute Gasteiger partial charge is 0.227 e. The lowest BCUT2D eigenvalue weighted by atomic mass is 10.1. The van der Waals surface area contributed by atoms with E-state index in [9.17, 15) is 4.79 Å². The van der Waals surface area contributed by atoms with Gasteiger partial charge in [0.05, 0.1) is 30.7 Å². The standard InChI is InChI=1S/C14H16N2O2/c1-16(13-6-7-18-10-13)14(17)8-11-2-4-12(9-15)5-3-11/h2-5,13H,6-8,10H2,1H3. The Kier molecular flexibility index (Phi) is 3.96. The molecule has 1 aliphatic heterocycles. The van der Waals surface area contributed by atoms with Gasteiger partial charge in [-0.25, -0.2) is 0 Å². The molecule has 1 heterocycles. The second-order valence-electron chi connectivity index (χ2n) is 4.51. The van der Waals surface area contributed by atoms with Crippen molar-refractivity contribution in [3.8, 4) is 6.07 Å². The summed E-state index contributed by atoms with van der Waals surface area (Å²) in [7, 11) is 1.82. The molecule has 0 bridgehead atoms.